The molecular formula is C50H59BrCl2F6N2O2. The molecule has 2 saturated carbocycles. The number of rotatable bonds is 12. The average molecular weight is 985 g/mol. The first-order chi connectivity index (χ1) is 30.1. The Morgan fingerprint density at radius 3 is 1.38 bits per heavy atom. The Morgan fingerprint density at radius 1 is 0.587 bits per heavy atom. The summed E-state index contributed by atoms with van der Waals surface area (Å²) in [5, 5.41) is 11.6. The van der Waals surface area contributed by atoms with Crippen molar-refractivity contribution in [2.45, 2.75) is 99.3 Å². The third-order valence-electron chi connectivity index (χ3n) is 13.4. The maximum absolute atomic E-state index is 12.7. The van der Waals surface area contributed by atoms with Crippen molar-refractivity contribution in [2.75, 3.05) is 52.5 Å². The van der Waals surface area contributed by atoms with Crippen molar-refractivity contribution in [3.05, 3.63) is 140 Å². The molecule has 344 valence electrons. The quantitative estimate of drug-likeness (QED) is 0.113. The third kappa shape index (κ3) is 14.2. The van der Waals surface area contributed by atoms with E-state index in [-0.39, 0.29) is 5.41 Å². The fourth-order valence-corrected chi connectivity index (χ4v) is 10.2. The first-order valence-electron chi connectivity index (χ1n) is 22.1. The van der Waals surface area contributed by atoms with Gasteiger partial charge in [-0.3, -0.25) is 0 Å². The number of benzene rings is 4. The molecule has 0 aromatic heterocycles. The van der Waals surface area contributed by atoms with Crippen LogP contribution in [0.15, 0.2) is 97.1 Å². The van der Waals surface area contributed by atoms with Crippen LogP contribution in [0.3, 0.4) is 0 Å². The topological polar surface area (TPSA) is 35.9 Å². The van der Waals surface area contributed by atoms with Crippen LogP contribution in [0, 0.1) is 11.8 Å². The number of halogens is 9. The largest absolute Gasteiger partial charge is 0.416 e. The van der Waals surface area contributed by atoms with Gasteiger partial charge < -0.3 is 19.6 Å². The minimum Gasteiger partial charge on any atom is -0.396 e. The van der Waals surface area contributed by atoms with Crippen LogP contribution in [0.4, 0.5) is 26.3 Å². The summed E-state index contributed by atoms with van der Waals surface area (Å²) in [7, 11) is 0. The minimum atomic E-state index is -4.30. The summed E-state index contributed by atoms with van der Waals surface area (Å²) < 4.78 is 80.0. The molecule has 2 aliphatic carbocycles. The first-order valence-corrected chi connectivity index (χ1v) is 24.0. The molecule has 2 saturated heterocycles. The summed E-state index contributed by atoms with van der Waals surface area (Å²) in [5.41, 5.74) is 3.80. The second kappa shape index (κ2) is 22.7. The van der Waals surface area contributed by atoms with Gasteiger partial charge in [-0.1, -0.05) is 101 Å². The van der Waals surface area contributed by atoms with Crippen LogP contribution >= 0.6 is 39.1 Å². The average Bonchev–Trinajstić information content (AvgIpc) is 3.24. The standard InChI is InChI=1S/C25H29ClF3NO.C17H24ClNO.C8H6BrF3/c26-23-10-8-21(9-11-23)24(12-2-13-24)18-30-14-1-3-20(15-30)17-31-16-19-4-6-22(7-5-19)25(27,28)29;18-16-6-4-15(5-7-16)17(8-2-9-17)13-19-10-1-3-14(11-19)12-20;9-5-6-1-3-7(4-2-6)8(10,11)12/h4-11,20H,1-3,12-18H2;4-7,14,20H,1-3,8-13H2;1-4H,5H2/t20-;14-;/m00./s1. The summed E-state index contributed by atoms with van der Waals surface area (Å²) in [6.45, 7) is 7.93. The van der Waals surface area contributed by atoms with Gasteiger partial charge in [0.15, 0.2) is 0 Å². The highest BCUT2D eigenvalue weighted by Crippen LogP contribution is 2.46. The van der Waals surface area contributed by atoms with Gasteiger partial charge in [-0.2, -0.15) is 26.3 Å². The van der Waals surface area contributed by atoms with E-state index in [2.05, 4.69) is 50.0 Å². The summed E-state index contributed by atoms with van der Waals surface area (Å²) in [6.07, 6.45) is 3.80. The number of alkyl halides is 7. The molecule has 63 heavy (non-hydrogen) atoms. The molecule has 4 aliphatic rings. The highest BCUT2D eigenvalue weighted by molar-refractivity contribution is 9.08. The molecule has 2 atom stereocenters. The van der Waals surface area contributed by atoms with E-state index < -0.39 is 23.5 Å². The van der Waals surface area contributed by atoms with E-state index in [0.717, 1.165) is 91.0 Å². The van der Waals surface area contributed by atoms with Gasteiger partial charge in [-0.25, -0.2) is 0 Å². The number of piperidine rings is 2. The van der Waals surface area contributed by atoms with Crippen LogP contribution in [0.1, 0.15) is 97.6 Å². The SMILES string of the molecule is FC(F)(F)c1ccc(CBr)cc1.FC(F)(F)c1ccc(COC[C@H]2CCCN(CC3(c4ccc(Cl)cc4)CCC3)C2)cc1.OC[C@H]1CCCN(CC2(c3ccc(Cl)cc3)CCC2)C1. The molecule has 13 heteroatoms. The fraction of sp³-hybridized carbons (Fsp3) is 0.520. The van der Waals surface area contributed by atoms with E-state index in [1.165, 1.54) is 93.3 Å². The van der Waals surface area contributed by atoms with Gasteiger partial charge in [0, 0.05) is 59.0 Å². The van der Waals surface area contributed by atoms with Crippen molar-refractivity contribution in [3.8, 4) is 0 Å². The lowest BCUT2D eigenvalue weighted by Crippen LogP contribution is -2.49. The van der Waals surface area contributed by atoms with E-state index in [0.29, 0.717) is 42.4 Å². The highest BCUT2D eigenvalue weighted by Gasteiger charge is 2.42. The van der Waals surface area contributed by atoms with Crippen molar-refractivity contribution < 1.29 is 36.2 Å². The van der Waals surface area contributed by atoms with Gasteiger partial charge in [0.05, 0.1) is 24.3 Å². The Kier molecular flexibility index (Phi) is 17.9. The second-order valence-corrected chi connectivity index (χ2v) is 19.4. The van der Waals surface area contributed by atoms with E-state index in [9.17, 15) is 31.4 Å². The number of aliphatic hydroxyl groups is 1. The number of aliphatic hydroxyl groups excluding tert-OH is 1. The van der Waals surface area contributed by atoms with Crippen molar-refractivity contribution >= 4 is 39.1 Å². The van der Waals surface area contributed by atoms with Crippen LogP contribution in [0.25, 0.3) is 0 Å². The second-order valence-electron chi connectivity index (χ2n) is 18.0. The molecular weight excluding hydrogens is 925 g/mol. The van der Waals surface area contributed by atoms with Crippen LogP contribution in [0.2, 0.25) is 10.0 Å². The smallest absolute Gasteiger partial charge is 0.396 e. The molecule has 4 fully saturated rings. The zero-order valence-electron chi connectivity index (χ0n) is 35.7. The first kappa shape index (κ1) is 49.8. The molecule has 2 heterocycles. The maximum Gasteiger partial charge on any atom is 0.416 e. The molecule has 4 nitrogen and oxygen atoms in total. The molecule has 2 aliphatic heterocycles. The maximum atomic E-state index is 12.7. The molecule has 4 aromatic rings. The van der Waals surface area contributed by atoms with Gasteiger partial charge in [-0.05, 0) is 147 Å². The zero-order valence-corrected chi connectivity index (χ0v) is 38.8. The molecule has 0 unspecified atom stereocenters. The van der Waals surface area contributed by atoms with Gasteiger partial charge >= 0.3 is 12.4 Å². The molecule has 1 N–H and O–H groups in total. The Balaban J connectivity index is 0.000000176. The molecule has 0 bridgehead atoms. The third-order valence-corrected chi connectivity index (χ3v) is 14.5. The van der Waals surface area contributed by atoms with Gasteiger partial charge in [0.25, 0.3) is 0 Å². The van der Waals surface area contributed by atoms with Crippen molar-refractivity contribution in [1.29, 1.82) is 0 Å². The number of hydrogen-bond acceptors (Lipinski definition) is 4. The van der Waals surface area contributed by atoms with Crippen molar-refractivity contribution in [3.63, 3.8) is 0 Å². The predicted molar refractivity (Wildman–Crippen MR) is 245 cm³/mol. The van der Waals surface area contributed by atoms with Crippen LogP contribution in [-0.4, -0.2) is 67.4 Å². The van der Waals surface area contributed by atoms with Crippen LogP contribution < -0.4 is 0 Å². The van der Waals surface area contributed by atoms with E-state index in [1.54, 1.807) is 0 Å². The number of nitrogens with zero attached hydrogens (tertiary/aromatic N) is 2. The van der Waals surface area contributed by atoms with E-state index in [1.807, 2.05) is 24.3 Å². The normalized spacial score (nSPS) is 21.2. The van der Waals surface area contributed by atoms with E-state index in [4.69, 9.17) is 27.9 Å². The van der Waals surface area contributed by atoms with Crippen molar-refractivity contribution in [1.82, 2.24) is 9.80 Å². The lowest BCUT2D eigenvalue weighted by Gasteiger charge is -2.47. The minimum absolute atomic E-state index is 0.244. The summed E-state index contributed by atoms with van der Waals surface area (Å²) in [5.74, 6) is 0.941. The summed E-state index contributed by atoms with van der Waals surface area (Å²) in [4.78, 5) is 5.14. The fourth-order valence-electron chi connectivity index (χ4n) is 9.54. The number of ether oxygens (including phenoxy) is 1. The Hall–Kier alpha value is -2.64. The Morgan fingerprint density at radius 2 is 1.00 bits per heavy atom. The molecule has 0 spiro atoms. The van der Waals surface area contributed by atoms with Gasteiger partial charge in [-0.15, -0.1) is 0 Å². The molecule has 8 rings (SSSR count). The van der Waals surface area contributed by atoms with Gasteiger partial charge in [0.1, 0.15) is 0 Å². The Labute approximate surface area is 387 Å². The summed E-state index contributed by atoms with van der Waals surface area (Å²) >= 11 is 15.2. The lowest BCUT2D eigenvalue weighted by atomic mass is 9.64. The number of hydrogen-bond donors (Lipinski definition) is 1. The Bertz CT molecular complexity index is 1970. The molecule has 0 radical (unpaired) electrons. The molecule has 0 amide bonds. The lowest BCUT2D eigenvalue weighted by molar-refractivity contribution is -0.138. The highest BCUT2D eigenvalue weighted by atomic mass is 79.9. The predicted octanol–water partition coefficient (Wildman–Crippen LogP) is 13.8. The monoisotopic (exact) mass is 982 g/mol. The number of likely N-dealkylation sites (tertiary alicyclic amines) is 2. The van der Waals surface area contributed by atoms with Crippen LogP contribution in [-0.2, 0) is 39.9 Å². The van der Waals surface area contributed by atoms with Gasteiger partial charge in [0.2, 0.25) is 0 Å². The van der Waals surface area contributed by atoms with Crippen LogP contribution in [0.5, 0.6) is 0 Å². The summed E-state index contributed by atoms with van der Waals surface area (Å²) in [6, 6.07) is 27.1. The molecule has 4 aromatic carbocycles. The van der Waals surface area contributed by atoms with E-state index >= 15 is 0 Å². The van der Waals surface area contributed by atoms with Crippen molar-refractivity contribution in [2.24, 2.45) is 11.8 Å². The zero-order chi connectivity index (χ0) is 45.1.